The van der Waals surface area contributed by atoms with E-state index in [9.17, 15) is 4.79 Å². The molecule has 4 aliphatic carbocycles. The summed E-state index contributed by atoms with van der Waals surface area (Å²) in [6.45, 7) is 0. The summed E-state index contributed by atoms with van der Waals surface area (Å²) in [5, 5.41) is 1.26. The van der Waals surface area contributed by atoms with E-state index in [0.717, 1.165) is 29.1 Å². The summed E-state index contributed by atoms with van der Waals surface area (Å²) < 4.78 is 6.92. The van der Waals surface area contributed by atoms with E-state index >= 15 is 0 Å². The van der Waals surface area contributed by atoms with Crippen LogP contribution in [0.4, 0.5) is 0 Å². The van der Waals surface area contributed by atoms with E-state index in [1.165, 1.54) is 19.3 Å². The largest absolute Gasteiger partial charge is 0.401 e. The average molecular weight is 546 g/mol. The first-order chi connectivity index (χ1) is 16.9. The van der Waals surface area contributed by atoms with Gasteiger partial charge in [0.05, 0.1) is 20.4 Å². The normalized spacial score (nSPS) is 27.6. The van der Waals surface area contributed by atoms with Gasteiger partial charge in [-0.1, -0.05) is 71.2 Å². The molecule has 6 heteroatoms. The molecule has 0 N–H and O–H groups in total. The molecule has 182 valence electrons. The summed E-state index contributed by atoms with van der Waals surface area (Å²) in [4.78, 5) is 16.8. The van der Waals surface area contributed by atoms with Gasteiger partial charge in [0.15, 0.2) is 0 Å². The van der Waals surface area contributed by atoms with Gasteiger partial charge in [-0.15, -0.1) is 0 Å². The highest BCUT2D eigenvalue weighted by molar-refractivity contribution is 8.30. The van der Waals surface area contributed by atoms with Crippen molar-refractivity contribution >= 4 is 51.1 Å². The maximum atomic E-state index is 14.4. The molecule has 4 saturated carbocycles. The van der Waals surface area contributed by atoms with Crippen LogP contribution < -0.4 is 0 Å². The van der Waals surface area contributed by atoms with Gasteiger partial charge in [-0.2, -0.15) is 0 Å². The van der Waals surface area contributed by atoms with Crippen LogP contribution >= 0.6 is 45.1 Å². The Morgan fingerprint density at radius 3 is 1.60 bits per heavy atom. The minimum Gasteiger partial charge on any atom is -0.401 e. The quantitative estimate of drug-likeness (QED) is 0.319. The molecule has 0 saturated heterocycles. The van der Waals surface area contributed by atoms with Crippen LogP contribution in [0.15, 0.2) is 87.5 Å². The van der Waals surface area contributed by atoms with E-state index in [1.54, 1.807) is 12.1 Å². The third-order valence-electron chi connectivity index (χ3n) is 8.07. The lowest BCUT2D eigenvalue weighted by molar-refractivity contribution is -0.160. The topological polar surface area (TPSA) is 26.3 Å². The molecule has 4 aliphatic rings. The lowest BCUT2D eigenvalue weighted by Gasteiger charge is -2.56. The fraction of sp³-hybridized carbons (Fsp3) is 0.345. The Morgan fingerprint density at radius 2 is 1.17 bits per heavy atom. The second-order valence-electron chi connectivity index (χ2n) is 10.4. The second kappa shape index (κ2) is 9.03. The molecule has 2 nitrogen and oxygen atoms in total. The summed E-state index contributed by atoms with van der Waals surface area (Å²) in [5.41, 5.74) is -0.415. The summed E-state index contributed by atoms with van der Waals surface area (Å²) in [6, 6.07) is 23.2. The summed E-state index contributed by atoms with van der Waals surface area (Å²) in [5.74, 6) is 1.81. The highest BCUT2D eigenvalue weighted by atomic mass is 35.5. The van der Waals surface area contributed by atoms with Crippen molar-refractivity contribution in [1.82, 2.24) is 0 Å². The Bertz CT molecular complexity index is 1160. The zero-order valence-electron chi connectivity index (χ0n) is 19.3. The van der Waals surface area contributed by atoms with Gasteiger partial charge < -0.3 is 4.18 Å². The first-order valence-corrected chi connectivity index (χ1v) is 14.9. The van der Waals surface area contributed by atoms with Crippen molar-refractivity contribution in [3.05, 3.63) is 87.9 Å². The van der Waals surface area contributed by atoms with Gasteiger partial charge in [0, 0.05) is 14.8 Å². The molecule has 0 unspecified atom stereocenters. The highest BCUT2D eigenvalue weighted by Crippen LogP contribution is 2.73. The van der Waals surface area contributed by atoms with Gasteiger partial charge in [-0.05, 0) is 103 Å². The van der Waals surface area contributed by atoms with E-state index < -0.39 is 15.7 Å². The Morgan fingerprint density at radius 1 is 0.743 bits per heavy atom. The van der Waals surface area contributed by atoms with Gasteiger partial charge >= 0.3 is 5.97 Å². The maximum absolute atomic E-state index is 14.4. The van der Waals surface area contributed by atoms with Gasteiger partial charge in [-0.25, -0.2) is 0 Å². The molecule has 0 atom stereocenters. The van der Waals surface area contributed by atoms with Crippen LogP contribution in [0.1, 0.15) is 38.5 Å². The number of hydrogen-bond donors (Lipinski definition) is 0. The number of halogens is 3. The van der Waals surface area contributed by atoms with Crippen LogP contribution in [0.3, 0.4) is 0 Å². The molecule has 3 aromatic rings. The Hall–Kier alpha value is -1.65. The highest BCUT2D eigenvalue weighted by Gasteiger charge is 2.57. The minimum absolute atomic E-state index is 0.0959. The number of benzene rings is 3. The molecule has 3 aromatic carbocycles. The van der Waals surface area contributed by atoms with Gasteiger partial charge in [0.2, 0.25) is 0 Å². The standard InChI is InChI=1S/C29H27Cl3O2S/c30-22-14-25(31)27(26(32)15-22)35(23-7-3-1-4-8-23,24-9-5-2-6-10-24)34-28(33)29-16-19-11-20(17-29)13-21(12-19)18-29/h1-10,14-15,19-21H,11-13,16-18H2. The smallest absolute Gasteiger partial charge is 0.323 e. The van der Waals surface area contributed by atoms with Crippen molar-refractivity contribution in [3.63, 3.8) is 0 Å². The molecule has 7 rings (SSSR count). The van der Waals surface area contributed by atoms with Crippen LogP contribution in [0, 0.1) is 23.2 Å². The Kier molecular flexibility index (Phi) is 6.12. The van der Waals surface area contributed by atoms with E-state index in [0.29, 0.717) is 37.7 Å². The molecule has 4 bridgehead atoms. The molecular weight excluding hydrogens is 519 g/mol. The molecule has 0 amide bonds. The summed E-state index contributed by atoms with van der Waals surface area (Å²) in [7, 11) is -2.58. The number of carbonyl (C=O) groups excluding carboxylic acids is 1. The maximum Gasteiger partial charge on any atom is 0.323 e. The summed E-state index contributed by atoms with van der Waals surface area (Å²) >= 11 is 20.1. The molecule has 0 radical (unpaired) electrons. The molecular formula is C29H27Cl3O2S. The van der Waals surface area contributed by atoms with Crippen molar-refractivity contribution < 1.29 is 8.98 Å². The van der Waals surface area contributed by atoms with E-state index in [1.807, 2.05) is 60.7 Å². The third kappa shape index (κ3) is 4.00. The fourth-order valence-electron chi connectivity index (χ4n) is 7.10. The van der Waals surface area contributed by atoms with Crippen molar-refractivity contribution in [2.75, 3.05) is 0 Å². The molecule has 0 spiro atoms. The Labute approximate surface area is 223 Å². The summed E-state index contributed by atoms with van der Waals surface area (Å²) in [6.07, 6.45) is 6.57. The third-order valence-corrected chi connectivity index (χ3v) is 12.4. The molecule has 4 fully saturated rings. The lowest BCUT2D eigenvalue weighted by Crippen LogP contribution is -2.50. The van der Waals surface area contributed by atoms with Crippen LogP contribution in [-0.2, 0) is 8.98 Å². The van der Waals surface area contributed by atoms with Crippen LogP contribution in [0.2, 0.25) is 15.1 Å². The zero-order valence-corrected chi connectivity index (χ0v) is 22.3. The van der Waals surface area contributed by atoms with Gasteiger partial charge in [0.1, 0.15) is 0 Å². The minimum atomic E-state index is -2.58. The van der Waals surface area contributed by atoms with Gasteiger partial charge in [-0.3, -0.25) is 4.79 Å². The fourth-order valence-corrected chi connectivity index (χ4v) is 11.7. The predicted molar refractivity (Wildman–Crippen MR) is 143 cm³/mol. The predicted octanol–water partition coefficient (Wildman–Crippen LogP) is 9.60. The van der Waals surface area contributed by atoms with Crippen LogP contribution in [0.5, 0.6) is 0 Å². The van der Waals surface area contributed by atoms with Crippen molar-refractivity contribution in [2.45, 2.75) is 53.2 Å². The van der Waals surface area contributed by atoms with E-state index in [2.05, 4.69) is 0 Å². The lowest BCUT2D eigenvalue weighted by atomic mass is 9.49. The SMILES string of the molecule is O=C(OS(c1ccccc1)(c1ccccc1)c1c(Cl)cc(Cl)cc1Cl)C12CC3CC(CC(C3)C1)C2. The number of hydrogen-bond acceptors (Lipinski definition) is 2. The molecule has 0 heterocycles. The van der Waals surface area contributed by atoms with Crippen molar-refractivity contribution in [1.29, 1.82) is 0 Å². The van der Waals surface area contributed by atoms with Crippen LogP contribution in [0.25, 0.3) is 0 Å². The van der Waals surface area contributed by atoms with E-state index in [4.69, 9.17) is 39.0 Å². The first-order valence-electron chi connectivity index (χ1n) is 12.2. The van der Waals surface area contributed by atoms with Crippen LogP contribution in [-0.4, -0.2) is 5.97 Å². The monoisotopic (exact) mass is 544 g/mol. The number of rotatable bonds is 5. The average Bonchev–Trinajstić information content (AvgIpc) is 2.83. The van der Waals surface area contributed by atoms with Gasteiger partial charge in [0.25, 0.3) is 0 Å². The van der Waals surface area contributed by atoms with E-state index in [-0.39, 0.29) is 5.97 Å². The van der Waals surface area contributed by atoms with Crippen molar-refractivity contribution in [2.24, 2.45) is 23.2 Å². The Balaban J connectivity index is 1.56. The number of carbonyl (C=O) groups is 1. The first kappa shape index (κ1) is 23.7. The molecule has 35 heavy (non-hydrogen) atoms. The second-order valence-corrected chi connectivity index (χ2v) is 14.3. The molecule has 0 aliphatic heterocycles. The zero-order chi connectivity index (χ0) is 24.2. The van der Waals surface area contributed by atoms with Crippen molar-refractivity contribution in [3.8, 4) is 0 Å². The molecule has 0 aromatic heterocycles.